The third kappa shape index (κ3) is 6.67. The van der Waals surface area contributed by atoms with E-state index in [1.54, 1.807) is 13.2 Å². The van der Waals surface area contributed by atoms with Gasteiger partial charge in [-0.15, -0.1) is 0 Å². The molecule has 1 aromatic carbocycles. The van der Waals surface area contributed by atoms with Crippen molar-refractivity contribution in [2.75, 3.05) is 37.4 Å². The Balaban J connectivity index is 1.87. The van der Waals surface area contributed by atoms with Gasteiger partial charge >= 0.3 is 6.03 Å². The molecule has 0 saturated carbocycles. The van der Waals surface area contributed by atoms with E-state index >= 15 is 0 Å². The van der Waals surface area contributed by atoms with Gasteiger partial charge in [0.15, 0.2) is 0 Å². The molecule has 1 atom stereocenters. The zero-order valence-electron chi connectivity index (χ0n) is 15.9. The fraction of sp³-hybridized carbons (Fsp3) is 0.600. The van der Waals surface area contributed by atoms with E-state index in [-0.39, 0.29) is 11.9 Å². The van der Waals surface area contributed by atoms with E-state index in [0.29, 0.717) is 23.7 Å². The van der Waals surface area contributed by atoms with Crippen LogP contribution in [0, 0.1) is 5.92 Å². The number of hydrogen-bond donors (Lipinski definition) is 2. The van der Waals surface area contributed by atoms with Crippen LogP contribution in [0.4, 0.5) is 16.2 Å². The number of amides is 3. The van der Waals surface area contributed by atoms with Crippen molar-refractivity contribution in [3.8, 4) is 0 Å². The van der Waals surface area contributed by atoms with Crippen LogP contribution in [-0.2, 0) is 9.53 Å². The van der Waals surface area contributed by atoms with Crippen LogP contribution in [0.15, 0.2) is 24.3 Å². The maximum absolute atomic E-state index is 12.6. The molecule has 6 heteroatoms. The first kappa shape index (κ1) is 20.2. The number of benzene rings is 1. The highest BCUT2D eigenvalue weighted by Gasteiger charge is 2.23. The molecule has 0 bridgehead atoms. The number of nitrogens with zero attached hydrogens (tertiary/aromatic N) is 1. The van der Waals surface area contributed by atoms with Crippen molar-refractivity contribution < 1.29 is 14.3 Å². The largest absolute Gasteiger partial charge is 0.385 e. The number of likely N-dealkylation sites (tertiary alicyclic amines) is 1. The molecule has 2 N–H and O–H groups in total. The van der Waals surface area contributed by atoms with Crippen molar-refractivity contribution in [2.45, 2.75) is 45.4 Å². The third-order valence-corrected chi connectivity index (χ3v) is 4.64. The highest BCUT2D eigenvalue weighted by molar-refractivity contribution is 5.93. The number of carbonyl (C=O) groups excluding carboxylic acids is 2. The minimum absolute atomic E-state index is 0.00842. The molecular formula is C20H31N3O3. The maximum atomic E-state index is 12.6. The zero-order valence-corrected chi connectivity index (χ0v) is 15.9. The summed E-state index contributed by atoms with van der Waals surface area (Å²) in [4.78, 5) is 26.2. The molecule has 2 rings (SSSR count). The molecule has 1 fully saturated rings. The first-order valence-corrected chi connectivity index (χ1v) is 9.57. The number of ether oxygens (including phenoxy) is 1. The van der Waals surface area contributed by atoms with Crippen LogP contribution in [0.5, 0.6) is 0 Å². The smallest absolute Gasteiger partial charge is 0.321 e. The standard InChI is InChI=1S/C20H31N3O3/c1-3-7-19(24)21-17-10-4-11-18(14-17)22-20(25)23-12-5-8-16(15-23)9-6-13-26-2/h4,10-11,14,16H,3,5-9,12-13,15H2,1-2H3,(H,21,24)(H,22,25)/t16-/m1/s1. The average molecular weight is 361 g/mol. The fourth-order valence-electron chi connectivity index (χ4n) is 3.33. The van der Waals surface area contributed by atoms with Crippen LogP contribution < -0.4 is 10.6 Å². The van der Waals surface area contributed by atoms with Gasteiger partial charge in [0.2, 0.25) is 5.91 Å². The van der Waals surface area contributed by atoms with Gasteiger partial charge < -0.3 is 20.3 Å². The Morgan fingerprint density at radius 2 is 2.04 bits per heavy atom. The second-order valence-corrected chi connectivity index (χ2v) is 6.90. The van der Waals surface area contributed by atoms with Gasteiger partial charge in [-0.3, -0.25) is 4.79 Å². The normalized spacial score (nSPS) is 17.0. The molecule has 1 heterocycles. The van der Waals surface area contributed by atoms with Crippen LogP contribution >= 0.6 is 0 Å². The average Bonchev–Trinajstić information content (AvgIpc) is 2.62. The van der Waals surface area contributed by atoms with Gasteiger partial charge in [0, 0.05) is 44.6 Å². The summed E-state index contributed by atoms with van der Waals surface area (Å²) < 4.78 is 5.12. The van der Waals surface area contributed by atoms with E-state index in [9.17, 15) is 9.59 Å². The van der Waals surface area contributed by atoms with Crippen molar-refractivity contribution in [3.05, 3.63) is 24.3 Å². The van der Waals surface area contributed by atoms with Crippen LogP contribution in [0.2, 0.25) is 0 Å². The monoisotopic (exact) mass is 361 g/mol. The van der Waals surface area contributed by atoms with Crippen molar-refractivity contribution in [3.63, 3.8) is 0 Å². The predicted octanol–water partition coefficient (Wildman–Crippen LogP) is 4.10. The third-order valence-electron chi connectivity index (χ3n) is 4.64. The molecule has 0 aliphatic carbocycles. The SMILES string of the molecule is CCCC(=O)Nc1cccc(NC(=O)N2CCC[C@H](CCCOC)C2)c1. The van der Waals surface area contributed by atoms with Gasteiger partial charge in [-0.1, -0.05) is 13.0 Å². The number of methoxy groups -OCH3 is 1. The Kier molecular flexibility index (Phi) is 8.41. The van der Waals surface area contributed by atoms with Gasteiger partial charge in [-0.05, 0) is 56.2 Å². The number of piperidine rings is 1. The van der Waals surface area contributed by atoms with E-state index in [1.807, 2.05) is 30.0 Å². The number of urea groups is 1. The molecule has 26 heavy (non-hydrogen) atoms. The van der Waals surface area contributed by atoms with Crippen LogP contribution in [-0.4, -0.2) is 43.6 Å². The quantitative estimate of drug-likeness (QED) is 0.685. The molecule has 0 radical (unpaired) electrons. The summed E-state index contributed by atoms with van der Waals surface area (Å²) >= 11 is 0. The molecule has 144 valence electrons. The molecule has 1 aromatic rings. The Morgan fingerprint density at radius 3 is 2.77 bits per heavy atom. The van der Waals surface area contributed by atoms with Crippen molar-refractivity contribution >= 4 is 23.3 Å². The van der Waals surface area contributed by atoms with E-state index in [2.05, 4.69) is 10.6 Å². The lowest BCUT2D eigenvalue weighted by Gasteiger charge is -2.32. The molecule has 1 aliphatic rings. The summed E-state index contributed by atoms with van der Waals surface area (Å²) in [5.41, 5.74) is 1.41. The summed E-state index contributed by atoms with van der Waals surface area (Å²) in [5, 5.41) is 5.81. The van der Waals surface area contributed by atoms with E-state index < -0.39 is 0 Å². The van der Waals surface area contributed by atoms with E-state index in [1.165, 1.54) is 6.42 Å². The van der Waals surface area contributed by atoms with Gasteiger partial charge in [0.25, 0.3) is 0 Å². The molecule has 1 aliphatic heterocycles. The molecule has 0 unspecified atom stereocenters. The lowest BCUT2D eigenvalue weighted by atomic mass is 9.94. The summed E-state index contributed by atoms with van der Waals surface area (Å²) in [6, 6.07) is 7.23. The predicted molar refractivity (Wildman–Crippen MR) is 104 cm³/mol. The molecule has 3 amide bonds. The maximum Gasteiger partial charge on any atom is 0.321 e. The lowest BCUT2D eigenvalue weighted by molar-refractivity contribution is -0.116. The van der Waals surface area contributed by atoms with Crippen molar-refractivity contribution in [1.82, 2.24) is 4.90 Å². The van der Waals surface area contributed by atoms with E-state index in [4.69, 9.17) is 4.74 Å². The lowest BCUT2D eigenvalue weighted by Crippen LogP contribution is -2.42. The summed E-state index contributed by atoms with van der Waals surface area (Å²) in [6.45, 7) is 4.33. The second-order valence-electron chi connectivity index (χ2n) is 6.90. The van der Waals surface area contributed by atoms with E-state index in [0.717, 1.165) is 45.4 Å². The zero-order chi connectivity index (χ0) is 18.8. The number of hydrogen-bond acceptors (Lipinski definition) is 3. The number of rotatable bonds is 8. The summed E-state index contributed by atoms with van der Waals surface area (Å²) in [6.07, 6.45) is 5.65. The Hall–Kier alpha value is -2.08. The van der Waals surface area contributed by atoms with Crippen molar-refractivity contribution in [1.29, 1.82) is 0 Å². The van der Waals surface area contributed by atoms with Gasteiger partial charge in [-0.2, -0.15) is 0 Å². The topological polar surface area (TPSA) is 70.7 Å². The first-order valence-electron chi connectivity index (χ1n) is 9.57. The van der Waals surface area contributed by atoms with Gasteiger partial charge in [-0.25, -0.2) is 4.79 Å². The highest BCUT2D eigenvalue weighted by atomic mass is 16.5. The van der Waals surface area contributed by atoms with Gasteiger partial charge in [0.1, 0.15) is 0 Å². The Morgan fingerprint density at radius 1 is 1.27 bits per heavy atom. The molecule has 6 nitrogen and oxygen atoms in total. The highest BCUT2D eigenvalue weighted by Crippen LogP contribution is 2.22. The molecule has 0 spiro atoms. The molecule has 1 saturated heterocycles. The van der Waals surface area contributed by atoms with Crippen molar-refractivity contribution in [2.24, 2.45) is 5.92 Å². The first-order chi connectivity index (χ1) is 12.6. The Labute approximate surface area is 156 Å². The Bertz CT molecular complexity index is 591. The molecule has 0 aromatic heterocycles. The minimum Gasteiger partial charge on any atom is -0.385 e. The van der Waals surface area contributed by atoms with Gasteiger partial charge in [0.05, 0.1) is 0 Å². The van der Waals surface area contributed by atoms with Crippen LogP contribution in [0.1, 0.15) is 45.4 Å². The summed E-state index contributed by atoms with van der Waals surface area (Å²) in [5.74, 6) is 0.537. The summed E-state index contributed by atoms with van der Waals surface area (Å²) in [7, 11) is 1.72. The number of anilines is 2. The number of nitrogens with one attached hydrogen (secondary N) is 2. The second kappa shape index (κ2) is 10.8. The van der Waals surface area contributed by atoms with Crippen LogP contribution in [0.3, 0.4) is 0 Å². The van der Waals surface area contributed by atoms with Crippen LogP contribution in [0.25, 0.3) is 0 Å². The number of carbonyl (C=O) groups is 2. The molecular weight excluding hydrogens is 330 g/mol. The minimum atomic E-state index is -0.0709. The fourth-order valence-corrected chi connectivity index (χ4v) is 3.33.